The summed E-state index contributed by atoms with van der Waals surface area (Å²) in [6.07, 6.45) is 1.68. The number of halogens is 2. The van der Waals surface area contributed by atoms with E-state index in [1.165, 1.54) is 16.7 Å². The zero-order chi connectivity index (χ0) is 12.4. The predicted octanol–water partition coefficient (Wildman–Crippen LogP) is 3.02. The van der Waals surface area contributed by atoms with Crippen molar-refractivity contribution in [3.8, 4) is 5.75 Å². The third-order valence-electron chi connectivity index (χ3n) is 2.25. The van der Waals surface area contributed by atoms with Crippen LogP contribution in [0.1, 0.15) is 5.56 Å². The van der Waals surface area contributed by atoms with E-state index in [1.807, 2.05) is 0 Å². The molecular formula is C12H9BrClNO2. The predicted molar refractivity (Wildman–Crippen MR) is 70.6 cm³/mol. The molecule has 0 saturated heterocycles. The minimum absolute atomic E-state index is 0.0951. The number of aromatic nitrogens is 1. The lowest BCUT2D eigenvalue weighted by atomic mass is 10.2. The molecule has 0 amide bonds. The van der Waals surface area contributed by atoms with Crippen molar-refractivity contribution >= 4 is 27.5 Å². The van der Waals surface area contributed by atoms with Crippen LogP contribution in [0.15, 0.2) is 45.8 Å². The van der Waals surface area contributed by atoms with E-state index in [9.17, 15) is 9.90 Å². The third-order valence-corrected chi connectivity index (χ3v) is 2.96. The van der Waals surface area contributed by atoms with Gasteiger partial charge in [0, 0.05) is 21.8 Å². The van der Waals surface area contributed by atoms with E-state index in [0.717, 1.165) is 10.0 Å². The van der Waals surface area contributed by atoms with Crippen molar-refractivity contribution in [2.24, 2.45) is 0 Å². The van der Waals surface area contributed by atoms with Gasteiger partial charge in [-0.1, -0.05) is 27.5 Å². The van der Waals surface area contributed by atoms with Crippen molar-refractivity contribution in [2.75, 3.05) is 0 Å². The summed E-state index contributed by atoms with van der Waals surface area (Å²) < 4.78 is 2.28. The Kier molecular flexibility index (Phi) is 3.54. The lowest BCUT2D eigenvalue weighted by molar-refractivity contribution is 0.474. The molecule has 1 heterocycles. The van der Waals surface area contributed by atoms with Gasteiger partial charge in [-0.05, 0) is 29.8 Å². The van der Waals surface area contributed by atoms with Crippen LogP contribution in [0.25, 0.3) is 0 Å². The Morgan fingerprint density at radius 1 is 1.29 bits per heavy atom. The van der Waals surface area contributed by atoms with Gasteiger partial charge in [-0.25, -0.2) is 0 Å². The van der Waals surface area contributed by atoms with E-state index >= 15 is 0 Å². The molecule has 0 bridgehead atoms. The SMILES string of the molecule is O=c1cc(Br)ccn1Cc1cc(O)cc(Cl)c1. The van der Waals surface area contributed by atoms with E-state index in [1.54, 1.807) is 24.4 Å². The highest BCUT2D eigenvalue weighted by Crippen LogP contribution is 2.20. The molecule has 0 aliphatic heterocycles. The fraction of sp³-hybridized carbons (Fsp3) is 0.0833. The monoisotopic (exact) mass is 313 g/mol. The Labute approximate surface area is 111 Å². The minimum atomic E-state index is -0.112. The Hall–Kier alpha value is -1.26. The summed E-state index contributed by atoms with van der Waals surface area (Å²) in [4.78, 5) is 11.7. The van der Waals surface area contributed by atoms with E-state index in [-0.39, 0.29) is 11.3 Å². The molecule has 1 aromatic carbocycles. The first-order chi connectivity index (χ1) is 8.04. The molecule has 17 heavy (non-hydrogen) atoms. The van der Waals surface area contributed by atoms with Gasteiger partial charge >= 0.3 is 0 Å². The molecule has 0 saturated carbocycles. The molecular weight excluding hydrogens is 305 g/mol. The smallest absolute Gasteiger partial charge is 0.251 e. The largest absolute Gasteiger partial charge is 0.508 e. The molecule has 1 N–H and O–H groups in total. The fourth-order valence-electron chi connectivity index (χ4n) is 1.54. The number of hydrogen-bond donors (Lipinski definition) is 1. The molecule has 0 aliphatic carbocycles. The zero-order valence-electron chi connectivity index (χ0n) is 8.73. The van der Waals surface area contributed by atoms with Gasteiger partial charge in [-0.2, -0.15) is 0 Å². The van der Waals surface area contributed by atoms with Crippen LogP contribution in [0.5, 0.6) is 5.75 Å². The molecule has 0 radical (unpaired) electrons. The van der Waals surface area contributed by atoms with Crippen molar-refractivity contribution in [1.29, 1.82) is 0 Å². The lowest BCUT2D eigenvalue weighted by Crippen LogP contribution is -2.18. The van der Waals surface area contributed by atoms with Gasteiger partial charge in [-0.15, -0.1) is 0 Å². The highest BCUT2D eigenvalue weighted by Gasteiger charge is 2.02. The number of benzene rings is 1. The Morgan fingerprint density at radius 2 is 2.06 bits per heavy atom. The summed E-state index contributed by atoms with van der Waals surface area (Å²) in [6, 6.07) is 8.03. The number of rotatable bonds is 2. The van der Waals surface area contributed by atoms with Crippen molar-refractivity contribution in [1.82, 2.24) is 4.57 Å². The lowest BCUT2D eigenvalue weighted by Gasteiger charge is -2.06. The van der Waals surface area contributed by atoms with Crippen LogP contribution in [0.3, 0.4) is 0 Å². The normalized spacial score (nSPS) is 10.5. The zero-order valence-corrected chi connectivity index (χ0v) is 11.1. The van der Waals surface area contributed by atoms with Gasteiger partial charge in [0.05, 0.1) is 6.54 Å². The summed E-state index contributed by atoms with van der Waals surface area (Å²) in [5.74, 6) is 0.0951. The number of aromatic hydroxyl groups is 1. The first kappa shape index (κ1) is 12.2. The second-order valence-electron chi connectivity index (χ2n) is 3.63. The van der Waals surface area contributed by atoms with Crippen LogP contribution in [-0.2, 0) is 6.54 Å². The number of phenolic OH excluding ortho intramolecular Hbond substituents is 1. The van der Waals surface area contributed by atoms with E-state index in [2.05, 4.69) is 15.9 Å². The van der Waals surface area contributed by atoms with Gasteiger partial charge in [0.25, 0.3) is 5.56 Å². The maximum Gasteiger partial charge on any atom is 0.251 e. The molecule has 5 heteroatoms. The van der Waals surface area contributed by atoms with Crippen molar-refractivity contribution in [2.45, 2.75) is 6.54 Å². The Bertz CT molecular complexity index is 589. The van der Waals surface area contributed by atoms with Crippen molar-refractivity contribution in [3.63, 3.8) is 0 Å². The quantitative estimate of drug-likeness (QED) is 0.926. The average Bonchev–Trinajstić information content (AvgIpc) is 2.21. The second-order valence-corrected chi connectivity index (χ2v) is 4.98. The van der Waals surface area contributed by atoms with E-state index in [0.29, 0.717) is 11.6 Å². The van der Waals surface area contributed by atoms with Gasteiger partial charge in [-0.3, -0.25) is 4.79 Å². The average molecular weight is 315 g/mol. The first-order valence-electron chi connectivity index (χ1n) is 4.89. The summed E-state index contributed by atoms with van der Waals surface area (Å²) in [7, 11) is 0. The second kappa shape index (κ2) is 4.94. The molecule has 0 aliphatic rings. The summed E-state index contributed by atoms with van der Waals surface area (Å²) in [5, 5.41) is 9.86. The molecule has 0 atom stereocenters. The molecule has 2 aromatic rings. The van der Waals surface area contributed by atoms with Gasteiger partial charge in [0.15, 0.2) is 0 Å². The highest BCUT2D eigenvalue weighted by atomic mass is 79.9. The molecule has 0 unspecified atom stereocenters. The topological polar surface area (TPSA) is 42.2 Å². The van der Waals surface area contributed by atoms with Gasteiger partial charge in [0.2, 0.25) is 0 Å². The number of nitrogens with zero attached hydrogens (tertiary/aromatic N) is 1. The molecule has 0 spiro atoms. The summed E-state index contributed by atoms with van der Waals surface area (Å²) in [5.41, 5.74) is 0.665. The standard InChI is InChI=1S/C12H9BrClNO2/c13-9-1-2-15(12(17)5-9)7-8-3-10(14)6-11(16)4-8/h1-6,16H,7H2. The Balaban J connectivity index is 2.34. The third kappa shape index (κ3) is 3.11. The van der Waals surface area contributed by atoms with Crippen molar-refractivity contribution in [3.05, 3.63) is 61.9 Å². The van der Waals surface area contributed by atoms with Crippen molar-refractivity contribution < 1.29 is 5.11 Å². The maximum absolute atomic E-state index is 11.7. The number of phenols is 1. The van der Waals surface area contributed by atoms with Crippen LogP contribution in [0, 0.1) is 0 Å². The van der Waals surface area contributed by atoms with Crippen LogP contribution in [0.2, 0.25) is 5.02 Å². The molecule has 88 valence electrons. The van der Waals surface area contributed by atoms with Crippen LogP contribution in [-0.4, -0.2) is 9.67 Å². The Morgan fingerprint density at radius 3 is 2.71 bits per heavy atom. The molecule has 3 nitrogen and oxygen atoms in total. The highest BCUT2D eigenvalue weighted by molar-refractivity contribution is 9.10. The molecule has 0 fully saturated rings. The first-order valence-corrected chi connectivity index (χ1v) is 6.06. The molecule has 2 rings (SSSR count). The van der Waals surface area contributed by atoms with E-state index in [4.69, 9.17) is 11.6 Å². The minimum Gasteiger partial charge on any atom is -0.508 e. The molecule has 1 aromatic heterocycles. The maximum atomic E-state index is 11.7. The summed E-state index contributed by atoms with van der Waals surface area (Å²) in [6.45, 7) is 0.375. The van der Waals surface area contributed by atoms with Crippen LogP contribution in [0.4, 0.5) is 0 Å². The van der Waals surface area contributed by atoms with Crippen LogP contribution < -0.4 is 5.56 Å². The fourth-order valence-corrected chi connectivity index (χ4v) is 2.10. The van der Waals surface area contributed by atoms with Crippen LogP contribution >= 0.6 is 27.5 Å². The summed E-state index contributed by atoms with van der Waals surface area (Å²) >= 11 is 9.06. The van der Waals surface area contributed by atoms with Gasteiger partial charge in [0.1, 0.15) is 5.75 Å². The van der Waals surface area contributed by atoms with E-state index < -0.39 is 0 Å². The number of hydrogen-bond acceptors (Lipinski definition) is 2. The van der Waals surface area contributed by atoms with Gasteiger partial charge < -0.3 is 9.67 Å². The number of pyridine rings is 1.